The van der Waals surface area contributed by atoms with Crippen molar-refractivity contribution in [1.29, 1.82) is 0 Å². The van der Waals surface area contributed by atoms with E-state index < -0.39 is 4.46 Å². The monoisotopic (exact) mass is 229 g/mol. The highest BCUT2D eigenvalue weighted by molar-refractivity contribution is 6.51. The second-order valence-corrected chi connectivity index (χ2v) is 6.38. The first-order chi connectivity index (χ1) is 5.19. The standard InChI is InChI=1S/C8H14Cl3N/c1-5(2)12-6(7(3,4)9)8(12,10)11/h5-6H,1-4H3. The molecule has 1 nitrogen and oxygen atoms in total. The molecule has 1 aliphatic heterocycles. The Labute approximate surface area is 89.0 Å². The lowest BCUT2D eigenvalue weighted by molar-refractivity contribution is 0.384. The highest BCUT2D eigenvalue weighted by atomic mass is 35.5. The van der Waals surface area contributed by atoms with E-state index >= 15 is 0 Å². The van der Waals surface area contributed by atoms with Crippen molar-refractivity contribution in [2.24, 2.45) is 0 Å². The van der Waals surface area contributed by atoms with Crippen molar-refractivity contribution in [3.05, 3.63) is 0 Å². The van der Waals surface area contributed by atoms with Crippen LogP contribution in [-0.2, 0) is 0 Å². The summed E-state index contributed by atoms with van der Waals surface area (Å²) >= 11 is 18.3. The van der Waals surface area contributed by atoms with E-state index in [0.717, 1.165) is 0 Å². The molecule has 0 amide bonds. The van der Waals surface area contributed by atoms with Crippen molar-refractivity contribution < 1.29 is 0 Å². The highest BCUT2D eigenvalue weighted by Gasteiger charge is 2.67. The van der Waals surface area contributed by atoms with Crippen LogP contribution in [0.1, 0.15) is 27.7 Å². The number of hydrogen-bond acceptors (Lipinski definition) is 1. The van der Waals surface area contributed by atoms with Crippen LogP contribution in [0.2, 0.25) is 0 Å². The molecular weight excluding hydrogens is 216 g/mol. The Balaban J connectivity index is 2.73. The van der Waals surface area contributed by atoms with Gasteiger partial charge in [-0.3, -0.25) is 4.90 Å². The zero-order valence-electron chi connectivity index (χ0n) is 7.74. The molecule has 0 spiro atoms. The molecule has 0 aromatic heterocycles. The smallest absolute Gasteiger partial charge is 0.189 e. The van der Waals surface area contributed by atoms with Crippen LogP contribution in [0.5, 0.6) is 0 Å². The molecule has 0 aliphatic carbocycles. The van der Waals surface area contributed by atoms with E-state index in [-0.39, 0.29) is 10.9 Å². The molecule has 1 saturated heterocycles. The van der Waals surface area contributed by atoms with Crippen LogP contribution in [0.15, 0.2) is 0 Å². The van der Waals surface area contributed by atoms with E-state index in [0.29, 0.717) is 6.04 Å². The first-order valence-electron chi connectivity index (χ1n) is 4.04. The minimum Gasteiger partial charge on any atom is -0.259 e. The Morgan fingerprint density at radius 3 is 1.83 bits per heavy atom. The molecule has 0 aromatic rings. The van der Waals surface area contributed by atoms with Crippen LogP contribution in [0.4, 0.5) is 0 Å². The van der Waals surface area contributed by atoms with Gasteiger partial charge >= 0.3 is 0 Å². The fourth-order valence-corrected chi connectivity index (χ4v) is 3.27. The largest absolute Gasteiger partial charge is 0.259 e. The van der Waals surface area contributed by atoms with Gasteiger partial charge in [-0.15, -0.1) is 11.6 Å². The van der Waals surface area contributed by atoms with E-state index in [1.165, 1.54) is 0 Å². The van der Waals surface area contributed by atoms with Gasteiger partial charge in [0.05, 0.1) is 10.9 Å². The predicted octanol–water partition coefficient (Wildman–Crippen LogP) is 3.23. The maximum absolute atomic E-state index is 6.14. The van der Waals surface area contributed by atoms with Crippen molar-refractivity contribution in [3.8, 4) is 0 Å². The molecule has 0 aromatic carbocycles. The number of alkyl halides is 3. The van der Waals surface area contributed by atoms with E-state index in [4.69, 9.17) is 34.8 Å². The Morgan fingerprint density at radius 2 is 1.75 bits per heavy atom. The van der Waals surface area contributed by atoms with Gasteiger partial charge in [0.1, 0.15) is 0 Å². The second kappa shape index (κ2) is 2.91. The molecule has 4 heteroatoms. The molecule has 12 heavy (non-hydrogen) atoms. The molecule has 1 fully saturated rings. The minimum atomic E-state index is -0.764. The first-order valence-corrected chi connectivity index (χ1v) is 5.17. The normalized spacial score (nSPS) is 34.0. The minimum absolute atomic E-state index is 0.0509. The van der Waals surface area contributed by atoms with Gasteiger partial charge in [0.2, 0.25) is 0 Å². The molecule has 0 bridgehead atoms. The lowest BCUT2D eigenvalue weighted by atomic mass is 10.1. The third-order valence-electron chi connectivity index (χ3n) is 2.09. The van der Waals surface area contributed by atoms with Crippen LogP contribution in [0.3, 0.4) is 0 Å². The fraction of sp³-hybridized carbons (Fsp3) is 1.00. The van der Waals surface area contributed by atoms with Gasteiger partial charge in [0.15, 0.2) is 4.46 Å². The lowest BCUT2D eigenvalue weighted by Crippen LogP contribution is -2.26. The van der Waals surface area contributed by atoms with Crippen molar-refractivity contribution in [2.75, 3.05) is 0 Å². The number of nitrogens with zero attached hydrogens (tertiary/aromatic N) is 1. The van der Waals surface area contributed by atoms with Crippen molar-refractivity contribution >= 4 is 34.8 Å². The summed E-state index contributed by atoms with van der Waals surface area (Å²) in [6.07, 6.45) is 0. The van der Waals surface area contributed by atoms with Gasteiger partial charge in [0.25, 0.3) is 0 Å². The first kappa shape index (κ1) is 10.9. The van der Waals surface area contributed by atoms with Gasteiger partial charge in [-0.25, -0.2) is 0 Å². The van der Waals surface area contributed by atoms with Crippen LogP contribution < -0.4 is 0 Å². The SMILES string of the molecule is CC(C)N1C(C(C)(C)Cl)C1(Cl)Cl. The predicted molar refractivity (Wildman–Crippen MR) is 55.1 cm³/mol. The summed E-state index contributed by atoms with van der Waals surface area (Å²) in [5.74, 6) is 0. The fourth-order valence-electron chi connectivity index (χ4n) is 1.65. The zero-order valence-corrected chi connectivity index (χ0v) is 10.0. The van der Waals surface area contributed by atoms with Crippen LogP contribution >= 0.6 is 34.8 Å². The Bertz CT molecular complexity index is 183. The summed E-state index contributed by atoms with van der Waals surface area (Å²) in [6, 6.07) is 0.387. The van der Waals surface area contributed by atoms with Crippen LogP contribution in [0.25, 0.3) is 0 Å². The van der Waals surface area contributed by atoms with Crippen molar-refractivity contribution in [3.63, 3.8) is 0 Å². The molecular formula is C8H14Cl3N. The van der Waals surface area contributed by atoms with E-state index in [1.54, 1.807) is 0 Å². The summed E-state index contributed by atoms with van der Waals surface area (Å²) < 4.78 is -0.764. The summed E-state index contributed by atoms with van der Waals surface area (Å²) in [5.41, 5.74) is 0. The van der Waals surface area contributed by atoms with Gasteiger partial charge in [-0.05, 0) is 27.7 Å². The quantitative estimate of drug-likeness (QED) is 0.400. The molecule has 1 rings (SSSR count). The van der Waals surface area contributed by atoms with Crippen molar-refractivity contribution in [1.82, 2.24) is 4.90 Å². The van der Waals surface area contributed by atoms with Gasteiger partial charge in [-0.1, -0.05) is 23.2 Å². The van der Waals surface area contributed by atoms with Crippen LogP contribution in [0, 0.1) is 0 Å². The maximum atomic E-state index is 6.14. The van der Waals surface area contributed by atoms with E-state index in [2.05, 4.69) is 13.8 Å². The van der Waals surface area contributed by atoms with E-state index in [1.807, 2.05) is 18.7 Å². The Kier molecular flexibility index (Phi) is 2.65. The Hall–Kier alpha value is 0.830. The number of hydrogen-bond donors (Lipinski definition) is 0. The summed E-state index contributed by atoms with van der Waals surface area (Å²) in [7, 11) is 0. The summed E-state index contributed by atoms with van der Waals surface area (Å²) in [4.78, 5) is 1.64. The zero-order chi connectivity index (χ0) is 9.73. The number of halogens is 3. The van der Waals surface area contributed by atoms with Gasteiger partial charge < -0.3 is 0 Å². The topological polar surface area (TPSA) is 3.01 Å². The maximum Gasteiger partial charge on any atom is 0.189 e. The number of rotatable bonds is 2. The lowest BCUT2D eigenvalue weighted by Gasteiger charge is -2.15. The molecule has 2 atom stereocenters. The van der Waals surface area contributed by atoms with Gasteiger partial charge in [-0.2, -0.15) is 0 Å². The van der Waals surface area contributed by atoms with E-state index in [9.17, 15) is 0 Å². The third kappa shape index (κ3) is 1.70. The second-order valence-electron chi connectivity index (χ2n) is 4.06. The summed E-state index contributed by atoms with van der Waals surface area (Å²) in [6.45, 7) is 7.98. The molecule has 1 aliphatic rings. The average molecular weight is 231 g/mol. The molecule has 1 heterocycles. The average Bonchev–Trinajstić information content (AvgIpc) is 2.31. The molecule has 72 valence electrons. The van der Waals surface area contributed by atoms with Crippen LogP contribution in [-0.4, -0.2) is 26.3 Å². The van der Waals surface area contributed by atoms with Crippen molar-refractivity contribution in [2.45, 2.75) is 49.1 Å². The summed E-state index contributed by atoms with van der Waals surface area (Å²) in [5, 5.41) is 0. The molecule has 2 unspecified atom stereocenters. The highest BCUT2D eigenvalue weighted by Crippen LogP contribution is 2.56. The Morgan fingerprint density at radius 1 is 1.33 bits per heavy atom. The third-order valence-corrected chi connectivity index (χ3v) is 3.10. The molecule has 0 saturated carbocycles. The molecule has 0 radical (unpaired) electrons. The van der Waals surface area contributed by atoms with Gasteiger partial charge in [0, 0.05) is 6.04 Å². The molecule has 0 N–H and O–H groups in total.